The first-order chi connectivity index (χ1) is 9.67. The standard InChI is InChI=1S/C16H24N2O2/c1-3-5-11-18(10-4-2)12-13-20-16(19)14-6-8-15(17)9-7-14/h4,6-9H,2-3,5,10-13,17H2,1H3. The van der Waals surface area contributed by atoms with Crippen molar-refractivity contribution in [1.82, 2.24) is 4.90 Å². The molecule has 0 bridgehead atoms. The van der Waals surface area contributed by atoms with Crippen LogP contribution < -0.4 is 5.73 Å². The highest BCUT2D eigenvalue weighted by Crippen LogP contribution is 2.07. The number of benzene rings is 1. The topological polar surface area (TPSA) is 55.6 Å². The van der Waals surface area contributed by atoms with Crippen molar-refractivity contribution in [3.8, 4) is 0 Å². The molecule has 1 aromatic rings. The van der Waals surface area contributed by atoms with E-state index in [4.69, 9.17) is 10.5 Å². The van der Waals surface area contributed by atoms with Crippen LogP contribution in [0.3, 0.4) is 0 Å². The molecule has 4 heteroatoms. The van der Waals surface area contributed by atoms with Crippen molar-refractivity contribution >= 4 is 11.7 Å². The Morgan fingerprint density at radius 2 is 2.05 bits per heavy atom. The molecule has 20 heavy (non-hydrogen) atoms. The predicted molar refractivity (Wildman–Crippen MR) is 82.7 cm³/mol. The van der Waals surface area contributed by atoms with Crippen LogP contribution in [0.25, 0.3) is 0 Å². The molecule has 0 radical (unpaired) electrons. The van der Waals surface area contributed by atoms with Crippen LogP contribution in [-0.2, 0) is 4.74 Å². The second-order valence-electron chi connectivity index (χ2n) is 4.70. The maximum absolute atomic E-state index is 11.8. The zero-order valence-electron chi connectivity index (χ0n) is 12.2. The van der Waals surface area contributed by atoms with Crippen LogP contribution in [0.2, 0.25) is 0 Å². The highest BCUT2D eigenvalue weighted by atomic mass is 16.5. The normalized spacial score (nSPS) is 10.5. The zero-order chi connectivity index (χ0) is 14.8. The van der Waals surface area contributed by atoms with E-state index in [0.717, 1.165) is 32.5 Å². The number of nitrogens with zero attached hydrogens (tertiary/aromatic N) is 1. The third-order valence-electron chi connectivity index (χ3n) is 3.00. The van der Waals surface area contributed by atoms with E-state index in [9.17, 15) is 4.79 Å². The van der Waals surface area contributed by atoms with Gasteiger partial charge in [-0.3, -0.25) is 4.90 Å². The van der Waals surface area contributed by atoms with E-state index in [-0.39, 0.29) is 5.97 Å². The molecule has 4 nitrogen and oxygen atoms in total. The molecule has 110 valence electrons. The monoisotopic (exact) mass is 276 g/mol. The lowest BCUT2D eigenvalue weighted by molar-refractivity contribution is 0.0466. The lowest BCUT2D eigenvalue weighted by atomic mass is 10.2. The summed E-state index contributed by atoms with van der Waals surface area (Å²) in [6.07, 6.45) is 4.16. The van der Waals surface area contributed by atoms with Crippen LogP contribution >= 0.6 is 0 Å². The minimum Gasteiger partial charge on any atom is -0.461 e. The Morgan fingerprint density at radius 1 is 1.35 bits per heavy atom. The number of nitrogen functional groups attached to an aromatic ring is 1. The summed E-state index contributed by atoms with van der Waals surface area (Å²) >= 11 is 0. The number of nitrogens with two attached hydrogens (primary N) is 1. The first kappa shape index (κ1) is 16.2. The van der Waals surface area contributed by atoms with Crippen LogP contribution in [0, 0.1) is 0 Å². The van der Waals surface area contributed by atoms with Crippen LogP contribution in [0.5, 0.6) is 0 Å². The molecule has 0 amide bonds. The minimum absolute atomic E-state index is 0.306. The Morgan fingerprint density at radius 3 is 2.65 bits per heavy atom. The highest BCUT2D eigenvalue weighted by Gasteiger charge is 2.08. The maximum Gasteiger partial charge on any atom is 0.338 e. The third kappa shape index (κ3) is 5.89. The summed E-state index contributed by atoms with van der Waals surface area (Å²) in [5, 5.41) is 0. The number of ether oxygens (including phenoxy) is 1. The van der Waals surface area contributed by atoms with Gasteiger partial charge in [-0.05, 0) is 37.2 Å². The van der Waals surface area contributed by atoms with Crippen molar-refractivity contribution in [1.29, 1.82) is 0 Å². The maximum atomic E-state index is 11.8. The molecule has 1 aromatic carbocycles. The molecule has 0 unspecified atom stereocenters. The molecule has 0 spiro atoms. The smallest absolute Gasteiger partial charge is 0.338 e. The van der Waals surface area contributed by atoms with Gasteiger partial charge in [-0.25, -0.2) is 4.79 Å². The van der Waals surface area contributed by atoms with Gasteiger partial charge < -0.3 is 10.5 Å². The Hall–Kier alpha value is -1.81. The van der Waals surface area contributed by atoms with E-state index in [1.807, 2.05) is 6.08 Å². The number of hydrogen-bond donors (Lipinski definition) is 1. The van der Waals surface area contributed by atoms with Crippen LogP contribution in [0.15, 0.2) is 36.9 Å². The SMILES string of the molecule is C=CCN(CCCC)CCOC(=O)c1ccc(N)cc1. The molecular weight excluding hydrogens is 252 g/mol. The van der Waals surface area contributed by atoms with Gasteiger partial charge in [0.1, 0.15) is 6.61 Å². The molecular formula is C16H24N2O2. The first-order valence-electron chi connectivity index (χ1n) is 7.03. The van der Waals surface area contributed by atoms with Gasteiger partial charge in [-0.15, -0.1) is 6.58 Å². The molecule has 0 atom stereocenters. The molecule has 2 N–H and O–H groups in total. The van der Waals surface area contributed by atoms with Crippen LogP contribution in [-0.4, -0.2) is 37.1 Å². The molecule has 0 heterocycles. The quantitative estimate of drug-likeness (QED) is 0.428. The fourth-order valence-electron chi connectivity index (χ4n) is 1.83. The lowest BCUT2D eigenvalue weighted by Crippen LogP contribution is -2.29. The van der Waals surface area contributed by atoms with Gasteiger partial charge in [-0.2, -0.15) is 0 Å². The molecule has 0 aliphatic rings. The summed E-state index contributed by atoms with van der Waals surface area (Å²) in [4.78, 5) is 14.0. The van der Waals surface area contributed by atoms with E-state index >= 15 is 0 Å². The van der Waals surface area contributed by atoms with E-state index in [1.54, 1.807) is 24.3 Å². The number of carbonyl (C=O) groups is 1. The Kier molecular flexibility index (Phi) is 7.43. The van der Waals surface area contributed by atoms with Gasteiger partial charge in [-0.1, -0.05) is 19.4 Å². The summed E-state index contributed by atoms with van der Waals surface area (Å²) in [5.74, 6) is -0.306. The zero-order valence-corrected chi connectivity index (χ0v) is 12.2. The summed E-state index contributed by atoms with van der Waals surface area (Å²) in [6.45, 7) is 8.85. The van der Waals surface area contributed by atoms with Gasteiger partial charge in [0.15, 0.2) is 0 Å². The fourth-order valence-corrected chi connectivity index (χ4v) is 1.83. The number of esters is 1. The number of unbranched alkanes of at least 4 members (excludes halogenated alkanes) is 1. The molecule has 0 aliphatic heterocycles. The van der Waals surface area contributed by atoms with Crippen molar-refractivity contribution in [3.05, 3.63) is 42.5 Å². The number of anilines is 1. The first-order valence-corrected chi connectivity index (χ1v) is 7.03. The molecule has 0 aromatic heterocycles. The Balaban J connectivity index is 2.35. The van der Waals surface area contributed by atoms with E-state index in [1.165, 1.54) is 0 Å². The number of rotatable bonds is 9. The second-order valence-corrected chi connectivity index (χ2v) is 4.70. The summed E-state index contributed by atoms with van der Waals surface area (Å²) in [7, 11) is 0. The average Bonchev–Trinajstić information content (AvgIpc) is 2.45. The van der Waals surface area contributed by atoms with Crippen LogP contribution in [0.1, 0.15) is 30.1 Å². The van der Waals surface area contributed by atoms with E-state index < -0.39 is 0 Å². The average molecular weight is 276 g/mol. The summed E-state index contributed by atoms with van der Waals surface area (Å²) in [6, 6.07) is 6.75. The largest absolute Gasteiger partial charge is 0.461 e. The second kappa shape index (κ2) is 9.15. The fraction of sp³-hybridized carbons (Fsp3) is 0.438. The van der Waals surface area contributed by atoms with Crippen LogP contribution in [0.4, 0.5) is 5.69 Å². The van der Waals surface area contributed by atoms with Gasteiger partial charge in [0, 0.05) is 18.8 Å². The third-order valence-corrected chi connectivity index (χ3v) is 3.00. The summed E-state index contributed by atoms with van der Waals surface area (Å²) < 4.78 is 5.27. The number of carbonyl (C=O) groups excluding carboxylic acids is 1. The van der Waals surface area contributed by atoms with Gasteiger partial charge in [0.2, 0.25) is 0 Å². The van der Waals surface area contributed by atoms with E-state index in [2.05, 4.69) is 18.4 Å². The molecule has 0 saturated carbocycles. The van der Waals surface area contributed by atoms with Crippen molar-refractivity contribution < 1.29 is 9.53 Å². The highest BCUT2D eigenvalue weighted by molar-refractivity contribution is 5.89. The van der Waals surface area contributed by atoms with E-state index in [0.29, 0.717) is 17.9 Å². The predicted octanol–water partition coefficient (Wildman–Crippen LogP) is 2.71. The van der Waals surface area contributed by atoms with Gasteiger partial charge in [0.25, 0.3) is 0 Å². The Labute approximate surface area is 121 Å². The lowest BCUT2D eigenvalue weighted by Gasteiger charge is -2.20. The van der Waals surface area contributed by atoms with Gasteiger partial charge >= 0.3 is 5.97 Å². The van der Waals surface area contributed by atoms with Crippen molar-refractivity contribution in [2.75, 3.05) is 32.0 Å². The molecule has 0 fully saturated rings. The van der Waals surface area contributed by atoms with Crippen molar-refractivity contribution in [2.45, 2.75) is 19.8 Å². The summed E-state index contributed by atoms with van der Waals surface area (Å²) in [5.41, 5.74) is 6.75. The Bertz CT molecular complexity index is 415. The molecule has 0 aliphatic carbocycles. The molecule has 1 rings (SSSR count). The van der Waals surface area contributed by atoms with Crippen molar-refractivity contribution in [3.63, 3.8) is 0 Å². The van der Waals surface area contributed by atoms with Gasteiger partial charge in [0.05, 0.1) is 5.56 Å². The minimum atomic E-state index is -0.306. The van der Waals surface area contributed by atoms with Crippen molar-refractivity contribution in [2.24, 2.45) is 0 Å². The number of hydrogen-bond acceptors (Lipinski definition) is 4. The molecule has 0 saturated heterocycles.